The van der Waals surface area contributed by atoms with Gasteiger partial charge in [-0.15, -0.1) is 0 Å². The topological polar surface area (TPSA) is 242 Å². The normalized spacial score (nSPS) is 37.4. The van der Waals surface area contributed by atoms with Crippen LogP contribution in [0.2, 0.25) is 0 Å². The molecule has 0 aromatic rings. The van der Waals surface area contributed by atoms with Crippen molar-refractivity contribution in [2.75, 3.05) is 41.1 Å². The van der Waals surface area contributed by atoms with Gasteiger partial charge in [0.15, 0.2) is 5.78 Å². The monoisotopic (exact) mass is 1030 g/mol. The number of carbonyl (C=O) groups is 6. The molecule has 0 aromatic heterocycles. The van der Waals surface area contributed by atoms with Gasteiger partial charge in [0.2, 0.25) is 5.79 Å². The van der Waals surface area contributed by atoms with Crippen LogP contribution in [0.1, 0.15) is 132 Å². The molecule has 3 aliphatic heterocycles. The van der Waals surface area contributed by atoms with Crippen molar-refractivity contribution in [1.29, 1.82) is 0 Å². The maximum Gasteiger partial charge on any atom is 0.329 e. The lowest BCUT2D eigenvalue weighted by atomic mass is 9.78. The van der Waals surface area contributed by atoms with Crippen molar-refractivity contribution in [2.45, 2.75) is 187 Å². The van der Waals surface area contributed by atoms with Crippen LogP contribution >= 0.6 is 0 Å². The molecule has 0 aromatic carbocycles. The molecule has 17 nitrogen and oxygen atoms in total. The van der Waals surface area contributed by atoms with Crippen molar-refractivity contribution in [3.8, 4) is 0 Å². The summed E-state index contributed by atoms with van der Waals surface area (Å²) in [4.78, 5) is 85.4. The van der Waals surface area contributed by atoms with E-state index in [2.05, 4.69) is 0 Å². The van der Waals surface area contributed by atoms with Crippen LogP contribution in [0.25, 0.3) is 0 Å². The van der Waals surface area contributed by atoms with Gasteiger partial charge in [-0.3, -0.25) is 24.0 Å². The van der Waals surface area contributed by atoms with Crippen LogP contribution in [0.3, 0.4) is 0 Å². The number of cyclic esters (lactones) is 1. The third-order valence-electron chi connectivity index (χ3n) is 15.9. The molecule has 2 saturated heterocycles. The van der Waals surface area contributed by atoms with E-state index < -0.39 is 120 Å². The number of aliphatic hydroxyl groups excluding tert-OH is 3. The molecule has 1 saturated carbocycles. The fourth-order valence-electron chi connectivity index (χ4n) is 10.7. The first-order valence-corrected chi connectivity index (χ1v) is 26.4. The second-order valence-corrected chi connectivity index (χ2v) is 21.8. The molecule has 1 aliphatic carbocycles. The quantitative estimate of drug-likeness (QED) is 0.116. The summed E-state index contributed by atoms with van der Waals surface area (Å²) in [7, 11) is 4.43. The van der Waals surface area contributed by atoms with Gasteiger partial charge in [0.1, 0.15) is 41.7 Å². The van der Waals surface area contributed by atoms with Crippen molar-refractivity contribution in [1.82, 2.24) is 4.90 Å². The molecule has 0 radical (unpaired) electrons. The standard InChI is InChI=1S/C56H87NO16/c1-33-17-13-12-14-18-34(2)45(68-9)29-41-22-20-39(7)56(67,73-41)51(63)52(64)57-24-16-15-19-42(57)53(65)71-46(30-43(60)35(3)26-38(6)49(62)50(70-11)48(61)37(5)25-33)36(4)27-40-21-23-44(47(28-40)69-10)72-54(66)55(8,31-58)32-59/h12-14,17-18,26,33,35-37,39-42,44-47,49-50,58-59,62,67H,15-16,19-25,27-32H2,1-11H3/b14-12+,17-13+,34-18+,38-26+/t33-,35-,36-,37-,39-,40+,41+,42?,44-,45+,46+,47-,49-,50+,56-/m1/s1. The number of esters is 2. The molecule has 4 aliphatic rings. The molecule has 17 heteroatoms. The Morgan fingerprint density at radius 2 is 1.56 bits per heavy atom. The van der Waals surface area contributed by atoms with Crippen molar-refractivity contribution >= 4 is 35.2 Å². The summed E-state index contributed by atoms with van der Waals surface area (Å²) in [5, 5.41) is 43.1. The molecule has 1 amide bonds. The van der Waals surface area contributed by atoms with Crippen LogP contribution in [0, 0.1) is 40.9 Å². The third kappa shape index (κ3) is 16.0. The van der Waals surface area contributed by atoms with Gasteiger partial charge in [-0.05, 0) is 114 Å². The average molecular weight is 1030 g/mol. The van der Waals surface area contributed by atoms with E-state index in [1.54, 1.807) is 40.9 Å². The highest BCUT2D eigenvalue weighted by Gasteiger charge is 2.53. The highest BCUT2D eigenvalue weighted by Crippen LogP contribution is 2.38. The van der Waals surface area contributed by atoms with Crippen LogP contribution in [0.4, 0.5) is 0 Å². The number of aliphatic hydroxyl groups is 4. The zero-order chi connectivity index (χ0) is 54.4. The average Bonchev–Trinajstić information content (AvgIpc) is 3.37. The molecule has 15 atom stereocenters. The molecular formula is C56H87NO16. The summed E-state index contributed by atoms with van der Waals surface area (Å²) in [5.74, 6) is -9.36. The van der Waals surface area contributed by atoms with Gasteiger partial charge in [0, 0.05) is 58.5 Å². The van der Waals surface area contributed by atoms with E-state index in [9.17, 15) is 49.2 Å². The van der Waals surface area contributed by atoms with Gasteiger partial charge in [-0.2, -0.15) is 0 Å². The summed E-state index contributed by atoms with van der Waals surface area (Å²) in [6, 6.07) is -1.20. The lowest BCUT2D eigenvalue weighted by Crippen LogP contribution is -2.61. The number of allylic oxidation sites excluding steroid dienone is 6. The van der Waals surface area contributed by atoms with Gasteiger partial charge < -0.3 is 53.7 Å². The van der Waals surface area contributed by atoms with E-state index in [1.807, 2.05) is 51.2 Å². The highest BCUT2D eigenvalue weighted by molar-refractivity contribution is 6.39. The van der Waals surface area contributed by atoms with Crippen molar-refractivity contribution < 1.29 is 77.6 Å². The number of hydrogen-bond acceptors (Lipinski definition) is 16. The van der Waals surface area contributed by atoms with Crippen molar-refractivity contribution in [2.24, 2.45) is 40.9 Å². The second kappa shape index (κ2) is 28.3. The Kier molecular flexibility index (Phi) is 23.9. The summed E-state index contributed by atoms with van der Waals surface area (Å²) in [5.41, 5.74) is -0.277. The molecule has 1 unspecified atom stereocenters. The molecule has 4 rings (SSSR count). The minimum Gasteiger partial charge on any atom is -0.460 e. The Morgan fingerprint density at radius 3 is 2.21 bits per heavy atom. The summed E-state index contributed by atoms with van der Waals surface area (Å²) in [6.07, 6.45) is 9.76. The summed E-state index contributed by atoms with van der Waals surface area (Å²) < 4.78 is 35.4. The van der Waals surface area contributed by atoms with E-state index >= 15 is 0 Å². The number of nitrogens with zero attached hydrogens (tertiary/aromatic N) is 1. The largest absolute Gasteiger partial charge is 0.460 e. The van der Waals surface area contributed by atoms with Crippen LogP contribution < -0.4 is 0 Å². The number of rotatable bonds is 10. The Labute approximate surface area is 433 Å². The zero-order valence-corrected chi connectivity index (χ0v) is 45.3. The Morgan fingerprint density at radius 1 is 0.863 bits per heavy atom. The van der Waals surface area contributed by atoms with E-state index in [0.29, 0.717) is 69.8 Å². The number of hydrogen-bond donors (Lipinski definition) is 4. The van der Waals surface area contributed by atoms with Gasteiger partial charge in [-0.1, -0.05) is 71.1 Å². The van der Waals surface area contributed by atoms with Crippen LogP contribution in [-0.4, -0.2) is 156 Å². The minimum atomic E-state index is -2.47. The second-order valence-electron chi connectivity index (χ2n) is 21.8. The van der Waals surface area contributed by atoms with Gasteiger partial charge in [0.05, 0.1) is 31.5 Å². The Bertz CT molecular complexity index is 2010. The Hall–Kier alpha value is -3.94. The SMILES string of the molecule is CO[C@H]1C[C@@H]2CC[C@@H](C)[C@@](O)(O2)C(=O)C(=O)N2CCCCC2C(=O)O[C@H]([C@H](C)C[C@@H]2CC[C@@H](OC(=O)C(C)(CO)CO)[C@H](OC)C2)CC(=O)[C@H](C)/C=C(\C)[C@@H](O)[C@@H](OC)C(=O)[C@H](C)C[C@H](C)/C=C/C=C/C=C/1C. The van der Waals surface area contributed by atoms with Crippen LogP contribution in [0.15, 0.2) is 47.6 Å². The zero-order valence-electron chi connectivity index (χ0n) is 45.3. The number of methoxy groups -OCH3 is 3. The molecular weight excluding hydrogens is 943 g/mol. The number of Topliss-reactive ketones (excluding diaryl/α,β-unsaturated/α-hetero) is 3. The number of ether oxygens (including phenoxy) is 6. The molecule has 2 bridgehead atoms. The highest BCUT2D eigenvalue weighted by atomic mass is 16.6. The fraction of sp³-hybridized carbons (Fsp3) is 0.750. The molecule has 4 N–H and O–H groups in total. The first-order chi connectivity index (χ1) is 34.5. The fourth-order valence-corrected chi connectivity index (χ4v) is 10.7. The smallest absolute Gasteiger partial charge is 0.329 e. The number of ketones is 3. The van der Waals surface area contributed by atoms with E-state index in [1.165, 1.54) is 21.1 Å². The maximum absolute atomic E-state index is 14.5. The molecule has 3 fully saturated rings. The number of amides is 1. The van der Waals surface area contributed by atoms with Crippen molar-refractivity contribution in [3.05, 3.63) is 47.6 Å². The third-order valence-corrected chi connectivity index (χ3v) is 15.9. The number of fused-ring (bicyclic) bond motifs is 3. The predicted octanol–water partition coefficient (Wildman–Crippen LogP) is 5.72. The molecule has 412 valence electrons. The summed E-state index contributed by atoms with van der Waals surface area (Å²) >= 11 is 0. The van der Waals surface area contributed by atoms with Crippen LogP contribution in [-0.2, 0) is 57.2 Å². The lowest BCUT2D eigenvalue weighted by Gasteiger charge is -2.42. The van der Waals surface area contributed by atoms with Gasteiger partial charge in [0.25, 0.3) is 11.7 Å². The Balaban J connectivity index is 1.69. The summed E-state index contributed by atoms with van der Waals surface area (Å²) in [6.45, 7) is 12.7. The lowest BCUT2D eigenvalue weighted by molar-refractivity contribution is -0.265. The predicted molar refractivity (Wildman–Crippen MR) is 271 cm³/mol. The van der Waals surface area contributed by atoms with E-state index in [0.717, 1.165) is 10.5 Å². The van der Waals surface area contributed by atoms with Crippen LogP contribution in [0.5, 0.6) is 0 Å². The van der Waals surface area contributed by atoms with E-state index in [4.69, 9.17) is 28.4 Å². The number of carbonyl (C=O) groups excluding carboxylic acids is 6. The van der Waals surface area contributed by atoms with Gasteiger partial charge in [-0.25, -0.2) is 4.79 Å². The first kappa shape index (κ1) is 61.6. The number of piperidine rings is 1. The molecule has 73 heavy (non-hydrogen) atoms. The minimum absolute atomic E-state index is 0.00697. The maximum atomic E-state index is 14.5. The van der Waals surface area contributed by atoms with Crippen molar-refractivity contribution in [3.63, 3.8) is 0 Å². The first-order valence-electron chi connectivity index (χ1n) is 26.4. The molecule has 3 heterocycles. The van der Waals surface area contributed by atoms with Gasteiger partial charge >= 0.3 is 11.9 Å². The van der Waals surface area contributed by atoms with E-state index in [-0.39, 0.29) is 42.8 Å². The molecule has 0 spiro atoms.